The van der Waals surface area contributed by atoms with Crippen LogP contribution in [0.2, 0.25) is 0 Å². The highest BCUT2D eigenvalue weighted by molar-refractivity contribution is 5.75. The lowest BCUT2D eigenvalue weighted by Crippen LogP contribution is -2.26. The first kappa shape index (κ1) is 17.9. The Labute approximate surface area is 140 Å². The molecule has 4 nitrogen and oxygen atoms in total. The molecule has 0 radical (unpaired) electrons. The van der Waals surface area contributed by atoms with Gasteiger partial charge in [-0.15, -0.1) is 0 Å². The maximum Gasteiger partial charge on any atom is 0.223 e. The molecule has 1 amide bonds. The fourth-order valence-electron chi connectivity index (χ4n) is 2.05. The Morgan fingerprint density at radius 2 is 1.67 bits per heavy atom. The number of nitrogens with zero attached hydrogens (tertiary/aromatic N) is 1. The highest BCUT2D eigenvalue weighted by atomic mass is 19.1. The van der Waals surface area contributed by atoms with Crippen molar-refractivity contribution >= 4 is 5.91 Å². The van der Waals surface area contributed by atoms with Gasteiger partial charge >= 0.3 is 0 Å². The zero-order chi connectivity index (χ0) is 17.5. The van der Waals surface area contributed by atoms with Gasteiger partial charge in [-0.05, 0) is 17.7 Å². The van der Waals surface area contributed by atoms with E-state index in [-0.39, 0.29) is 11.7 Å². The number of hydrogen-bond acceptors (Lipinski definition) is 3. The average molecular weight is 334 g/mol. The van der Waals surface area contributed by atoms with Crippen molar-refractivity contribution in [1.29, 1.82) is 0 Å². The SMILES string of the molecule is CN(C)C(=O)CCNCc1ccc(Oc2cc(F)cc(F)c2)cc1. The van der Waals surface area contributed by atoms with Crippen LogP contribution >= 0.6 is 0 Å². The lowest BCUT2D eigenvalue weighted by Gasteiger charge is -2.11. The molecule has 0 aliphatic heterocycles. The molecular weight excluding hydrogens is 314 g/mol. The van der Waals surface area contributed by atoms with Gasteiger partial charge in [-0.1, -0.05) is 12.1 Å². The summed E-state index contributed by atoms with van der Waals surface area (Å²) in [6, 6.07) is 10.2. The lowest BCUT2D eigenvalue weighted by atomic mass is 10.2. The van der Waals surface area contributed by atoms with E-state index in [1.165, 1.54) is 0 Å². The minimum atomic E-state index is -0.682. The van der Waals surface area contributed by atoms with Crippen LogP contribution in [-0.4, -0.2) is 31.4 Å². The highest BCUT2D eigenvalue weighted by Gasteiger charge is 2.04. The molecule has 128 valence electrons. The van der Waals surface area contributed by atoms with Crippen LogP contribution in [0.4, 0.5) is 8.78 Å². The first-order valence-corrected chi connectivity index (χ1v) is 7.58. The zero-order valence-corrected chi connectivity index (χ0v) is 13.7. The van der Waals surface area contributed by atoms with Gasteiger partial charge in [0.2, 0.25) is 5.91 Å². The Morgan fingerprint density at radius 3 is 2.25 bits per heavy atom. The van der Waals surface area contributed by atoms with Gasteiger partial charge < -0.3 is 15.0 Å². The largest absolute Gasteiger partial charge is 0.457 e. The minimum Gasteiger partial charge on any atom is -0.457 e. The van der Waals surface area contributed by atoms with Gasteiger partial charge in [0, 0.05) is 51.8 Å². The summed E-state index contributed by atoms with van der Waals surface area (Å²) in [5, 5.41) is 3.18. The predicted octanol–water partition coefficient (Wildman–Crippen LogP) is 3.33. The topological polar surface area (TPSA) is 41.6 Å². The number of benzene rings is 2. The van der Waals surface area contributed by atoms with Gasteiger partial charge in [0.25, 0.3) is 0 Å². The molecule has 2 aromatic carbocycles. The van der Waals surface area contributed by atoms with E-state index in [2.05, 4.69) is 5.32 Å². The number of carbonyl (C=O) groups is 1. The van der Waals surface area contributed by atoms with E-state index < -0.39 is 11.6 Å². The van der Waals surface area contributed by atoms with E-state index >= 15 is 0 Å². The van der Waals surface area contributed by atoms with Crippen LogP contribution in [0.25, 0.3) is 0 Å². The number of nitrogens with one attached hydrogen (secondary N) is 1. The molecule has 0 bridgehead atoms. The molecule has 0 heterocycles. The molecule has 0 fully saturated rings. The van der Waals surface area contributed by atoms with Crippen molar-refractivity contribution in [2.75, 3.05) is 20.6 Å². The van der Waals surface area contributed by atoms with Crippen molar-refractivity contribution in [2.24, 2.45) is 0 Å². The van der Waals surface area contributed by atoms with Crippen LogP contribution in [0.15, 0.2) is 42.5 Å². The Kier molecular flexibility index (Phi) is 6.26. The number of rotatable bonds is 7. The third-order valence-corrected chi connectivity index (χ3v) is 3.34. The second-order valence-corrected chi connectivity index (χ2v) is 5.57. The number of ether oxygens (including phenoxy) is 1. The number of carbonyl (C=O) groups excluding carboxylic acids is 1. The van der Waals surface area contributed by atoms with Gasteiger partial charge in [0.1, 0.15) is 23.1 Å². The van der Waals surface area contributed by atoms with Crippen LogP contribution < -0.4 is 10.1 Å². The standard InChI is InChI=1S/C18H20F2N2O2/c1-22(2)18(23)7-8-21-12-13-3-5-16(6-4-13)24-17-10-14(19)9-15(20)11-17/h3-6,9-11,21H,7-8,12H2,1-2H3. The van der Waals surface area contributed by atoms with Crippen molar-refractivity contribution in [3.05, 3.63) is 59.7 Å². The second kappa shape index (κ2) is 8.40. The summed E-state index contributed by atoms with van der Waals surface area (Å²) >= 11 is 0. The van der Waals surface area contributed by atoms with E-state index in [0.717, 1.165) is 23.8 Å². The molecular formula is C18H20F2N2O2. The summed E-state index contributed by atoms with van der Waals surface area (Å²) in [6.45, 7) is 1.22. The van der Waals surface area contributed by atoms with Crippen molar-refractivity contribution in [3.63, 3.8) is 0 Å². The smallest absolute Gasteiger partial charge is 0.223 e. The van der Waals surface area contributed by atoms with Crippen LogP contribution in [0.1, 0.15) is 12.0 Å². The normalized spacial score (nSPS) is 10.5. The van der Waals surface area contributed by atoms with Gasteiger partial charge in [0.15, 0.2) is 0 Å². The van der Waals surface area contributed by atoms with Gasteiger partial charge in [-0.25, -0.2) is 8.78 Å². The molecule has 0 aromatic heterocycles. The summed E-state index contributed by atoms with van der Waals surface area (Å²) < 4.78 is 31.7. The summed E-state index contributed by atoms with van der Waals surface area (Å²) in [4.78, 5) is 13.0. The van der Waals surface area contributed by atoms with Crippen molar-refractivity contribution in [3.8, 4) is 11.5 Å². The molecule has 0 aliphatic rings. The molecule has 24 heavy (non-hydrogen) atoms. The van der Waals surface area contributed by atoms with E-state index in [9.17, 15) is 13.6 Å². The average Bonchev–Trinajstić information content (AvgIpc) is 2.51. The van der Waals surface area contributed by atoms with Crippen molar-refractivity contribution in [1.82, 2.24) is 10.2 Å². The number of halogens is 2. The molecule has 0 saturated carbocycles. The van der Waals surface area contributed by atoms with Crippen LogP contribution in [-0.2, 0) is 11.3 Å². The van der Waals surface area contributed by atoms with E-state index in [0.29, 0.717) is 25.3 Å². The Balaban J connectivity index is 1.83. The monoisotopic (exact) mass is 334 g/mol. The van der Waals surface area contributed by atoms with Crippen LogP contribution in [0, 0.1) is 11.6 Å². The molecule has 6 heteroatoms. The van der Waals surface area contributed by atoms with Crippen LogP contribution in [0.5, 0.6) is 11.5 Å². The maximum absolute atomic E-state index is 13.1. The first-order chi connectivity index (χ1) is 11.4. The third-order valence-electron chi connectivity index (χ3n) is 3.34. The third kappa shape index (κ3) is 5.62. The molecule has 0 saturated heterocycles. The van der Waals surface area contributed by atoms with Gasteiger partial charge in [-0.2, -0.15) is 0 Å². The van der Waals surface area contributed by atoms with Gasteiger partial charge in [0.05, 0.1) is 0 Å². The summed E-state index contributed by atoms with van der Waals surface area (Å²) in [7, 11) is 3.46. The Hall–Kier alpha value is -2.47. The van der Waals surface area contributed by atoms with Gasteiger partial charge in [-0.3, -0.25) is 4.79 Å². The molecule has 2 aromatic rings. The van der Waals surface area contributed by atoms with Crippen LogP contribution in [0.3, 0.4) is 0 Å². The summed E-state index contributed by atoms with van der Waals surface area (Å²) in [5.74, 6) is -0.683. The fraction of sp³-hybridized carbons (Fsp3) is 0.278. The number of hydrogen-bond donors (Lipinski definition) is 1. The molecule has 0 unspecified atom stereocenters. The molecule has 0 atom stereocenters. The first-order valence-electron chi connectivity index (χ1n) is 7.58. The van der Waals surface area contributed by atoms with E-state index in [4.69, 9.17) is 4.74 Å². The quantitative estimate of drug-likeness (QED) is 0.790. The minimum absolute atomic E-state index is 0.0774. The molecule has 0 spiro atoms. The van der Waals surface area contributed by atoms with Crippen molar-refractivity contribution < 1.29 is 18.3 Å². The number of amides is 1. The van der Waals surface area contributed by atoms with E-state index in [1.54, 1.807) is 31.1 Å². The predicted molar refractivity (Wildman–Crippen MR) is 87.9 cm³/mol. The Bertz CT molecular complexity index is 668. The Morgan fingerprint density at radius 1 is 1.04 bits per heavy atom. The molecule has 0 aliphatic carbocycles. The van der Waals surface area contributed by atoms with Crippen molar-refractivity contribution in [2.45, 2.75) is 13.0 Å². The maximum atomic E-state index is 13.1. The summed E-state index contributed by atoms with van der Waals surface area (Å²) in [6.07, 6.45) is 0.444. The highest BCUT2D eigenvalue weighted by Crippen LogP contribution is 2.23. The zero-order valence-electron chi connectivity index (χ0n) is 13.7. The second-order valence-electron chi connectivity index (χ2n) is 5.57. The molecule has 2 rings (SSSR count). The fourth-order valence-corrected chi connectivity index (χ4v) is 2.05. The summed E-state index contributed by atoms with van der Waals surface area (Å²) in [5.41, 5.74) is 1.02. The molecule has 1 N–H and O–H groups in total. The van der Waals surface area contributed by atoms with E-state index in [1.807, 2.05) is 12.1 Å². The lowest BCUT2D eigenvalue weighted by molar-refractivity contribution is -0.128.